The molecular formula is C26H40Cl2SiZr-2. The molecule has 0 aromatic carbocycles. The first-order valence-corrected chi connectivity index (χ1v) is 17.5. The summed E-state index contributed by atoms with van der Waals surface area (Å²) in [6.07, 6.45) is 24.0. The number of halogens is 2. The van der Waals surface area contributed by atoms with E-state index < -0.39 is 0 Å². The van der Waals surface area contributed by atoms with Crippen LogP contribution in [-0.2, 0) is 23.3 Å². The predicted octanol–water partition coefficient (Wildman–Crippen LogP) is 1.53. The predicted molar refractivity (Wildman–Crippen MR) is 123 cm³/mol. The average molecular weight is 543 g/mol. The maximum atomic E-state index is 2.48. The smallest absolute Gasteiger partial charge is 1.00 e. The van der Waals surface area contributed by atoms with E-state index in [0.717, 1.165) is 35.5 Å². The van der Waals surface area contributed by atoms with Crippen molar-refractivity contribution in [1.29, 1.82) is 0 Å². The summed E-state index contributed by atoms with van der Waals surface area (Å²) >= 11 is 1.74. The molecule has 2 saturated carbocycles. The molecule has 168 valence electrons. The first kappa shape index (κ1) is 30.4. The molecule has 0 spiro atoms. The molecule has 4 aliphatic rings. The van der Waals surface area contributed by atoms with E-state index >= 15 is 0 Å². The minimum absolute atomic E-state index is 0. The van der Waals surface area contributed by atoms with E-state index in [9.17, 15) is 0 Å². The quantitative estimate of drug-likeness (QED) is 0.367. The van der Waals surface area contributed by atoms with Crippen LogP contribution < -0.4 is 24.8 Å². The third-order valence-electron chi connectivity index (χ3n) is 6.55. The minimum atomic E-state index is 0. The van der Waals surface area contributed by atoms with Gasteiger partial charge in [0.2, 0.25) is 0 Å². The van der Waals surface area contributed by atoms with Crippen molar-refractivity contribution in [3.8, 4) is 0 Å². The fourth-order valence-corrected chi connectivity index (χ4v) is 4.77. The zero-order chi connectivity index (χ0) is 20.7. The molecule has 0 aromatic rings. The van der Waals surface area contributed by atoms with E-state index in [1.807, 2.05) is 0 Å². The third-order valence-corrected chi connectivity index (χ3v) is 6.55. The van der Waals surface area contributed by atoms with Gasteiger partial charge in [0.05, 0.1) is 0 Å². The van der Waals surface area contributed by atoms with Gasteiger partial charge in [-0.3, -0.25) is 0 Å². The number of fused-ring (bicyclic) bond motifs is 2. The Hall–Kier alpha value is 0.380. The molecule has 4 aliphatic carbocycles. The van der Waals surface area contributed by atoms with Gasteiger partial charge in [-0.25, -0.2) is 36.1 Å². The summed E-state index contributed by atoms with van der Waals surface area (Å²) in [6, 6.07) is 0. The number of rotatable bonds is 2. The van der Waals surface area contributed by atoms with Crippen molar-refractivity contribution in [2.75, 3.05) is 0 Å². The fraction of sp³-hybridized carbons (Fsp3) is 0.615. The monoisotopic (exact) mass is 540 g/mol. The molecule has 6 atom stereocenters. The molecule has 0 amide bonds. The SMILES string of the molecule is CCC1[CH-]C2=CC=CC(C)C2C1.CCC1[CH-]C2=CC=CC(C)C2C1.C[Si](C)=[Zr+2].[Cl-].[Cl-]. The van der Waals surface area contributed by atoms with Crippen LogP contribution in [-0.4, -0.2) is 5.43 Å². The summed E-state index contributed by atoms with van der Waals surface area (Å²) in [5, 5.41) is 0. The van der Waals surface area contributed by atoms with Crippen LogP contribution in [0.25, 0.3) is 0 Å². The van der Waals surface area contributed by atoms with Crippen molar-refractivity contribution in [1.82, 2.24) is 0 Å². The molecule has 0 radical (unpaired) electrons. The summed E-state index contributed by atoms with van der Waals surface area (Å²) in [5.41, 5.74) is 3.40. The molecule has 0 nitrogen and oxygen atoms in total. The van der Waals surface area contributed by atoms with E-state index in [1.54, 1.807) is 34.5 Å². The Morgan fingerprint density at radius 1 is 0.833 bits per heavy atom. The van der Waals surface area contributed by atoms with Gasteiger partial charge in [0.1, 0.15) is 0 Å². The van der Waals surface area contributed by atoms with Crippen molar-refractivity contribution in [2.24, 2.45) is 35.5 Å². The standard InChI is InChI=1S/2C12H17.C2H6Si.2ClH.Zr/c2*1-3-10-7-11-6-4-5-9(2)12(11)8-10;1-3-2;;;/h2*4-7,9-10,12H,3,8H2,1-2H3;1-2H3;2*1H;/q2*-1;;;;+2/p-2. The van der Waals surface area contributed by atoms with Gasteiger partial charge in [0.15, 0.2) is 0 Å². The van der Waals surface area contributed by atoms with Crippen LogP contribution in [0.15, 0.2) is 47.6 Å². The Bertz CT molecular complexity index is 595. The maximum Gasteiger partial charge on any atom is -1.00 e. The minimum Gasteiger partial charge on any atom is -1.00 e. The van der Waals surface area contributed by atoms with Crippen molar-refractivity contribution in [3.05, 3.63) is 60.4 Å². The zero-order valence-electron chi connectivity index (χ0n) is 19.7. The molecular weight excluding hydrogens is 503 g/mol. The number of hydrogen-bond donors (Lipinski definition) is 0. The van der Waals surface area contributed by atoms with Crippen LogP contribution in [0, 0.1) is 48.3 Å². The van der Waals surface area contributed by atoms with Crippen molar-refractivity contribution >= 4 is 5.43 Å². The summed E-state index contributed by atoms with van der Waals surface area (Å²) in [4.78, 5) is 0. The van der Waals surface area contributed by atoms with Crippen molar-refractivity contribution in [2.45, 2.75) is 66.5 Å². The van der Waals surface area contributed by atoms with Gasteiger partial charge in [0, 0.05) is 0 Å². The van der Waals surface area contributed by atoms with E-state index in [4.69, 9.17) is 0 Å². The van der Waals surface area contributed by atoms with E-state index in [0.29, 0.717) is 0 Å². The van der Waals surface area contributed by atoms with E-state index in [2.05, 4.69) is 90.1 Å². The number of allylic oxidation sites excluding steroid dienone is 8. The molecule has 0 aliphatic heterocycles. The summed E-state index contributed by atoms with van der Waals surface area (Å²) in [5.74, 6) is 4.89. The Morgan fingerprint density at radius 2 is 1.17 bits per heavy atom. The topological polar surface area (TPSA) is 0 Å². The largest absolute Gasteiger partial charge is 1.00 e. The molecule has 2 fully saturated rings. The molecule has 30 heavy (non-hydrogen) atoms. The van der Waals surface area contributed by atoms with Gasteiger partial charge in [-0.2, -0.15) is 0 Å². The van der Waals surface area contributed by atoms with Crippen molar-refractivity contribution in [3.63, 3.8) is 0 Å². The summed E-state index contributed by atoms with van der Waals surface area (Å²) in [7, 11) is 0. The molecule has 0 N–H and O–H groups in total. The molecule has 0 heterocycles. The second-order valence-electron chi connectivity index (χ2n) is 9.18. The van der Waals surface area contributed by atoms with Gasteiger partial charge in [-0.15, -0.1) is 12.2 Å². The first-order valence-electron chi connectivity index (χ1n) is 11.3. The first-order chi connectivity index (χ1) is 13.3. The summed E-state index contributed by atoms with van der Waals surface area (Å²) in [6.45, 7) is 13.9. The molecule has 4 heteroatoms. The molecule has 0 aromatic heterocycles. The van der Waals surface area contributed by atoms with E-state index in [1.165, 1.54) is 25.7 Å². The number of hydrogen-bond acceptors (Lipinski definition) is 0. The van der Waals surface area contributed by atoms with Gasteiger partial charge < -0.3 is 24.8 Å². The third kappa shape index (κ3) is 9.09. The second-order valence-corrected chi connectivity index (χ2v) is 18.5. The molecule has 0 bridgehead atoms. The molecule has 0 saturated heterocycles. The van der Waals surface area contributed by atoms with Crippen molar-refractivity contribution < 1.29 is 48.1 Å². The Balaban J connectivity index is 0.000000452. The van der Waals surface area contributed by atoms with Gasteiger partial charge in [0.25, 0.3) is 0 Å². The second kappa shape index (κ2) is 15.3. The fourth-order valence-electron chi connectivity index (χ4n) is 4.77. The normalized spacial score (nSPS) is 32.0. The van der Waals surface area contributed by atoms with Gasteiger partial charge in [-0.05, 0) is 23.7 Å². The average Bonchev–Trinajstić information content (AvgIpc) is 3.27. The molecule has 6 unspecified atom stereocenters. The van der Waals surface area contributed by atoms with Crippen LogP contribution >= 0.6 is 0 Å². The maximum absolute atomic E-state index is 2.48. The van der Waals surface area contributed by atoms with Crippen LogP contribution in [0.5, 0.6) is 0 Å². The Labute approximate surface area is 214 Å². The summed E-state index contributed by atoms with van der Waals surface area (Å²) < 4.78 is 0. The van der Waals surface area contributed by atoms with Crippen LogP contribution in [0.4, 0.5) is 0 Å². The van der Waals surface area contributed by atoms with Crippen LogP contribution in [0.2, 0.25) is 13.1 Å². The molecule has 4 rings (SSSR count). The zero-order valence-corrected chi connectivity index (χ0v) is 24.6. The van der Waals surface area contributed by atoms with E-state index in [-0.39, 0.29) is 30.2 Å². The van der Waals surface area contributed by atoms with Gasteiger partial charge >= 0.3 is 41.9 Å². The van der Waals surface area contributed by atoms with Crippen LogP contribution in [0.3, 0.4) is 0 Å². The Kier molecular flexibility index (Phi) is 15.5. The van der Waals surface area contributed by atoms with Crippen LogP contribution in [0.1, 0.15) is 53.4 Å². The Morgan fingerprint density at radius 3 is 1.43 bits per heavy atom. The van der Waals surface area contributed by atoms with Gasteiger partial charge in [-0.1, -0.05) is 77.4 Å².